The molecule has 100 valence electrons. The lowest BCUT2D eigenvalue weighted by atomic mass is 10.1. The first-order valence-corrected chi connectivity index (χ1v) is 7.24. The minimum absolute atomic E-state index is 0.607. The predicted molar refractivity (Wildman–Crippen MR) is 76.1 cm³/mol. The molecule has 1 aliphatic carbocycles. The molecule has 1 aliphatic rings. The van der Waals surface area contributed by atoms with Gasteiger partial charge in [0.15, 0.2) is 0 Å². The highest BCUT2D eigenvalue weighted by Gasteiger charge is 2.31. The maximum absolute atomic E-state index is 5.24. The number of rotatable bonds is 6. The number of hydrogen-bond acceptors (Lipinski definition) is 4. The molecule has 1 aromatic heterocycles. The lowest BCUT2D eigenvalue weighted by Gasteiger charge is -2.23. The highest BCUT2D eigenvalue weighted by Crippen LogP contribution is 2.32. The van der Waals surface area contributed by atoms with Gasteiger partial charge in [0.1, 0.15) is 0 Å². The van der Waals surface area contributed by atoms with E-state index in [9.17, 15) is 0 Å². The van der Waals surface area contributed by atoms with E-state index in [0.29, 0.717) is 17.8 Å². The second-order valence-corrected chi connectivity index (χ2v) is 5.99. The predicted octanol–water partition coefficient (Wildman–Crippen LogP) is 3.26. The molecule has 4 nitrogen and oxygen atoms in total. The van der Waals surface area contributed by atoms with Gasteiger partial charge in [-0.3, -0.25) is 0 Å². The summed E-state index contributed by atoms with van der Waals surface area (Å²) in [6.07, 6.45) is 5.43. The molecule has 0 amide bonds. The fourth-order valence-electron chi connectivity index (χ4n) is 1.85. The second-order valence-electron chi connectivity index (χ2n) is 5.13. The van der Waals surface area contributed by atoms with E-state index in [0.717, 1.165) is 23.4 Å². The average Bonchev–Trinajstić information content (AvgIpc) is 3.15. The molecule has 1 saturated carbocycles. The van der Waals surface area contributed by atoms with Crippen LogP contribution >= 0.6 is 15.9 Å². The molecular formula is C13H20BrN3O. The van der Waals surface area contributed by atoms with Crippen molar-refractivity contribution in [1.29, 1.82) is 0 Å². The van der Waals surface area contributed by atoms with Crippen LogP contribution in [0.1, 0.15) is 33.1 Å². The Labute approximate surface area is 117 Å². The quantitative estimate of drug-likeness (QED) is 0.808. The molecule has 0 atom stereocenters. The van der Waals surface area contributed by atoms with Crippen molar-refractivity contribution in [3.63, 3.8) is 0 Å². The first-order chi connectivity index (χ1) is 8.61. The summed E-state index contributed by atoms with van der Waals surface area (Å²) in [5, 5.41) is 0. The zero-order valence-corrected chi connectivity index (χ0v) is 12.8. The van der Waals surface area contributed by atoms with Crippen LogP contribution in [0.2, 0.25) is 0 Å². The summed E-state index contributed by atoms with van der Waals surface area (Å²) in [4.78, 5) is 11.2. The van der Waals surface area contributed by atoms with E-state index in [1.165, 1.54) is 12.8 Å². The van der Waals surface area contributed by atoms with E-state index >= 15 is 0 Å². The molecule has 0 aromatic carbocycles. The van der Waals surface area contributed by atoms with Crippen LogP contribution in [-0.2, 0) is 0 Å². The number of ether oxygens (including phenoxy) is 1. The Morgan fingerprint density at radius 3 is 2.78 bits per heavy atom. The van der Waals surface area contributed by atoms with Crippen LogP contribution in [0.25, 0.3) is 0 Å². The molecule has 0 unspecified atom stereocenters. The summed E-state index contributed by atoms with van der Waals surface area (Å²) >= 11 is 3.39. The summed E-state index contributed by atoms with van der Waals surface area (Å²) in [6, 6.07) is 0.620. The van der Waals surface area contributed by atoms with E-state index in [2.05, 4.69) is 44.6 Å². The lowest BCUT2D eigenvalue weighted by Crippen LogP contribution is -2.29. The molecular weight excluding hydrogens is 294 g/mol. The van der Waals surface area contributed by atoms with Crippen molar-refractivity contribution in [3.05, 3.63) is 10.7 Å². The van der Waals surface area contributed by atoms with Gasteiger partial charge in [0.05, 0.1) is 17.8 Å². The second kappa shape index (κ2) is 5.87. The fourth-order valence-corrected chi connectivity index (χ4v) is 2.21. The first-order valence-electron chi connectivity index (χ1n) is 6.45. The zero-order chi connectivity index (χ0) is 13.1. The SMILES string of the molecule is COc1nc(N(CCC(C)C)C2CC2)ncc1Br. The van der Waals surface area contributed by atoms with Crippen LogP contribution in [0.5, 0.6) is 5.88 Å². The summed E-state index contributed by atoms with van der Waals surface area (Å²) in [5.74, 6) is 2.09. The van der Waals surface area contributed by atoms with Crippen molar-refractivity contribution < 1.29 is 4.74 Å². The Balaban J connectivity index is 2.14. The Kier molecular flexibility index (Phi) is 4.43. The van der Waals surface area contributed by atoms with Gasteiger partial charge in [-0.15, -0.1) is 0 Å². The molecule has 2 rings (SSSR count). The molecule has 0 spiro atoms. The number of aromatic nitrogens is 2. The minimum atomic E-state index is 0.607. The minimum Gasteiger partial charge on any atom is -0.480 e. The third-order valence-electron chi connectivity index (χ3n) is 3.08. The van der Waals surface area contributed by atoms with Gasteiger partial charge in [0.2, 0.25) is 11.8 Å². The smallest absolute Gasteiger partial charge is 0.232 e. The Morgan fingerprint density at radius 1 is 1.50 bits per heavy atom. The molecule has 1 aromatic rings. The summed E-state index contributed by atoms with van der Waals surface area (Å²) in [7, 11) is 1.63. The molecule has 0 aliphatic heterocycles. The summed E-state index contributed by atoms with van der Waals surface area (Å²) in [5.41, 5.74) is 0. The topological polar surface area (TPSA) is 38.2 Å². The van der Waals surface area contributed by atoms with Gasteiger partial charge in [-0.05, 0) is 41.1 Å². The van der Waals surface area contributed by atoms with Crippen molar-refractivity contribution in [2.75, 3.05) is 18.6 Å². The molecule has 1 heterocycles. The van der Waals surface area contributed by atoms with Crippen molar-refractivity contribution >= 4 is 21.9 Å². The highest BCUT2D eigenvalue weighted by atomic mass is 79.9. The lowest BCUT2D eigenvalue weighted by molar-refractivity contribution is 0.393. The highest BCUT2D eigenvalue weighted by molar-refractivity contribution is 9.10. The van der Waals surface area contributed by atoms with Gasteiger partial charge in [0.25, 0.3) is 0 Å². The number of methoxy groups -OCH3 is 1. The fraction of sp³-hybridized carbons (Fsp3) is 0.692. The average molecular weight is 314 g/mol. The Morgan fingerprint density at radius 2 is 2.22 bits per heavy atom. The van der Waals surface area contributed by atoms with Crippen molar-refractivity contribution in [2.45, 2.75) is 39.2 Å². The van der Waals surface area contributed by atoms with Gasteiger partial charge in [0, 0.05) is 12.6 Å². The van der Waals surface area contributed by atoms with Gasteiger partial charge >= 0.3 is 0 Å². The number of nitrogens with zero attached hydrogens (tertiary/aromatic N) is 3. The monoisotopic (exact) mass is 313 g/mol. The van der Waals surface area contributed by atoms with E-state index in [4.69, 9.17) is 4.74 Å². The number of halogens is 1. The standard InChI is InChI=1S/C13H20BrN3O/c1-9(2)6-7-17(10-4-5-10)13-15-8-11(14)12(16-13)18-3/h8-10H,4-7H2,1-3H3. The van der Waals surface area contributed by atoms with Crippen LogP contribution in [0.15, 0.2) is 10.7 Å². The summed E-state index contributed by atoms with van der Waals surface area (Å²) in [6.45, 7) is 5.51. The first kappa shape index (κ1) is 13.6. The molecule has 0 saturated heterocycles. The zero-order valence-electron chi connectivity index (χ0n) is 11.2. The van der Waals surface area contributed by atoms with Crippen LogP contribution in [0.4, 0.5) is 5.95 Å². The maximum atomic E-state index is 5.24. The van der Waals surface area contributed by atoms with E-state index in [1.807, 2.05) is 0 Å². The van der Waals surface area contributed by atoms with Crippen LogP contribution < -0.4 is 9.64 Å². The largest absolute Gasteiger partial charge is 0.480 e. The maximum Gasteiger partial charge on any atom is 0.232 e. The van der Waals surface area contributed by atoms with Gasteiger partial charge < -0.3 is 9.64 Å². The van der Waals surface area contributed by atoms with Gasteiger partial charge in [-0.1, -0.05) is 13.8 Å². The van der Waals surface area contributed by atoms with E-state index in [-0.39, 0.29) is 0 Å². The molecule has 0 N–H and O–H groups in total. The molecule has 0 radical (unpaired) electrons. The third-order valence-corrected chi connectivity index (χ3v) is 3.63. The van der Waals surface area contributed by atoms with Crippen molar-refractivity contribution in [1.82, 2.24) is 9.97 Å². The molecule has 1 fully saturated rings. The van der Waals surface area contributed by atoms with Crippen molar-refractivity contribution in [3.8, 4) is 5.88 Å². The number of anilines is 1. The van der Waals surface area contributed by atoms with E-state index in [1.54, 1.807) is 13.3 Å². The van der Waals surface area contributed by atoms with Gasteiger partial charge in [-0.25, -0.2) is 4.98 Å². The Bertz CT molecular complexity index is 407. The molecule has 5 heteroatoms. The molecule has 18 heavy (non-hydrogen) atoms. The summed E-state index contributed by atoms with van der Waals surface area (Å²) < 4.78 is 6.04. The van der Waals surface area contributed by atoms with Crippen LogP contribution in [-0.4, -0.2) is 29.7 Å². The van der Waals surface area contributed by atoms with E-state index < -0.39 is 0 Å². The number of hydrogen-bond donors (Lipinski definition) is 0. The van der Waals surface area contributed by atoms with Crippen LogP contribution in [0, 0.1) is 5.92 Å². The van der Waals surface area contributed by atoms with Crippen LogP contribution in [0.3, 0.4) is 0 Å². The third kappa shape index (κ3) is 3.34. The normalized spacial score (nSPS) is 14.9. The Hall–Kier alpha value is -0.840. The molecule has 0 bridgehead atoms. The van der Waals surface area contributed by atoms with Gasteiger partial charge in [-0.2, -0.15) is 4.98 Å². The van der Waals surface area contributed by atoms with Crippen molar-refractivity contribution in [2.24, 2.45) is 5.92 Å².